The molecule has 2 N–H and O–H groups in total. The maximum absolute atomic E-state index is 14.6. The second kappa shape index (κ2) is 9.68. The lowest BCUT2D eigenvalue weighted by Crippen LogP contribution is -2.36. The smallest absolute Gasteiger partial charge is 0.266 e. The average Bonchev–Trinajstić information content (AvgIpc) is 3.14. The van der Waals surface area contributed by atoms with Crippen molar-refractivity contribution in [3.05, 3.63) is 75.4 Å². The summed E-state index contributed by atoms with van der Waals surface area (Å²) in [5.41, 5.74) is 1.90. The monoisotopic (exact) mass is 473 g/mol. The molecule has 1 saturated heterocycles. The van der Waals surface area contributed by atoms with Gasteiger partial charge in [-0.1, -0.05) is 23.7 Å². The number of morpholine rings is 1. The van der Waals surface area contributed by atoms with Gasteiger partial charge in [-0.2, -0.15) is 0 Å². The Bertz CT molecular complexity index is 1160. The predicted molar refractivity (Wildman–Crippen MR) is 126 cm³/mol. The number of hydrogen-bond donors (Lipinski definition) is 2. The Hall–Kier alpha value is -2.94. The SMILES string of the molecule is Cc1cc(NC(=O)c2ccccc2Cl)sc1C(=O)Nc1ccc(N2CCOCC2)c(F)c1. The maximum atomic E-state index is 14.6. The first-order chi connectivity index (χ1) is 15.4. The van der Waals surface area contributed by atoms with E-state index in [1.807, 2.05) is 4.90 Å². The lowest BCUT2D eigenvalue weighted by atomic mass is 10.2. The van der Waals surface area contributed by atoms with Crippen LogP contribution in [0, 0.1) is 12.7 Å². The van der Waals surface area contributed by atoms with Gasteiger partial charge in [-0.05, 0) is 48.9 Å². The van der Waals surface area contributed by atoms with Crippen LogP contribution >= 0.6 is 22.9 Å². The molecule has 1 aliphatic heterocycles. The highest BCUT2D eigenvalue weighted by molar-refractivity contribution is 7.18. The van der Waals surface area contributed by atoms with Gasteiger partial charge >= 0.3 is 0 Å². The van der Waals surface area contributed by atoms with Gasteiger partial charge in [0.1, 0.15) is 5.82 Å². The fraction of sp³-hybridized carbons (Fsp3) is 0.217. The number of nitrogens with one attached hydrogen (secondary N) is 2. The van der Waals surface area contributed by atoms with Crippen molar-refractivity contribution < 1.29 is 18.7 Å². The Labute approximate surface area is 193 Å². The summed E-state index contributed by atoms with van der Waals surface area (Å²) in [5.74, 6) is -1.13. The third-order valence-electron chi connectivity index (χ3n) is 5.04. The van der Waals surface area contributed by atoms with Crippen molar-refractivity contribution in [3.8, 4) is 0 Å². The van der Waals surface area contributed by atoms with Crippen LogP contribution in [-0.4, -0.2) is 38.1 Å². The number of nitrogens with zero attached hydrogens (tertiary/aromatic N) is 1. The molecule has 1 fully saturated rings. The number of ether oxygens (including phenoxy) is 1. The maximum Gasteiger partial charge on any atom is 0.266 e. The zero-order chi connectivity index (χ0) is 22.7. The molecule has 2 amide bonds. The number of carbonyl (C=O) groups is 2. The van der Waals surface area contributed by atoms with Gasteiger partial charge in [0.15, 0.2) is 0 Å². The van der Waals surface area contributed by atoms with Crippen molar-refractivity contribution in [2.75, 3.05) is 41.8 Å². The molecule has 0 aliphatic carbocycles. The van der Waals surface area contributed by atoms with Gasteiger partial charge in [-0.25, -0.2) is 4.39 Å². The molecule has 2 aromatic carbocycles. The molecule has 1 aliphatic rings. The van der Waals surface area contributed by atoms with Crippen molar-refractivity contribution in [3.63, 3.8) is 0 Å². The molecule has 0 spiro atoms. The highest BCUT2D eigenvalue weighted by Gasteiger charge is 2.19. The zero-order valence-electron chi connectivity index (χ0n) is 17.3. The van der Waals surface area contributed by atoms with E-state index in [1.54, 1.807) is 49.4 Å². The van der Waals surface area contributed by atoms with Crippen LogP contribution in [0.15, 0.2) is 48.5 Å². The highest BCUT2D eigenvalue weighted by atomic mass is 35.5. The molecule has 0 bridgehead atoms. The molecule has 32 heavy (non-hydrogen) atoms. The highest BCUT2D eigenvalue weighted by Crippen LogP contribution is 2.29. The topological polar surface area (TPSA) is 70.7 Å². The minimum Gasteiger partial charge on any atom is -0.378 e. The Morgan fingerprint density at radius 1 is 1.06 bits per heavy atom. The van der Waals surface area contributed by atoms with Crippen LogP contribution in [0.25, 0.3) is 0 Å². The molecule has 166 valence electrons. The summed E-state index contributed by atoms with van der Waals surface area (Å²) in [5, 5.41) is 6.37. The van der Waals surface area contributed by atoms with E-state index in [1.165, 1.54) is 6.07 Å². The predicted octanol–water partition coefficient (Wildman–Crippen LogP) is 5.19. The molecule has 0 saturated carbocycles. The number of thiophene rings is 1. The second-order valence-corrected chi connectivity index (χ2v) is 8.74. The molecule has 4 rings (SSSR count). The van der Waals surface area contributed by atoms with Crippen LogP contribution < -0.4 is 15.5 Å². The van der Waals surface area contributed by atoms with E-state index < -0.39 is 5.82 Å². The fourth-order valence-electron chi connectivity index (χ4n) is 3.43. The number of benzene rings is 2. The van der Waals surface area contributed by atoms with Gasteiger partial charge in [0.2, 0.25) is 0 Å². The van der Waals surface area contributed by atoms with Crippen molar-refractivity contribution >= 4 is 51.1 Å². The van der Waals surface area contributed by atoms with Crippen LogP contribution in [0.5, 0.6) is 0 Å². The Balaban J connectivity index is 1.45. The molecule has 0 radical (unpaired) electrons. The quantitative estimate of drug-likeness (QED) is 0.535. The first-order valence-corrected chi connectivity index (χ1v) is 11.2. The van der Waals surface area contributed by atoms with Gasteiger partial charge in [0, 0.05) is 18.8 Å². The summed E-state index contributed by atoms with van der Waals surface area (Å²) < 4.78 is 19.9. The molecule has 0 atom stereocenters. The van der Waals surface area contributed by atoms with Gasteiger partial charge in [-0.15, -0.1) is 11.3 Å². The number of halogens is 2. The van der Waals surface area contributed by atoms with Crippen LogP contribution in [0.3, 0.4) is 0 Å². The summed E-state index contributed by atoms with van der Waals surface area (Å²) >= 11 is 7.22. The lowest BCUT2D eigenvalue weighted by molar-refractivity contribution is 0.102. The molecule has 0 unspecified atom stereocenters. The van der Waals surface area contributed by atoms with Gasteiger partial charge < -0.3 is 20.3 Å². The van der Waals surface area contributed by atoms with Crippen molar-refractivity contribution in [1.82, 2.24) is 0 Å². The summed E-state index contributed by atoms with van der Waals surface area (Å²) in [7, 11) is 0. The minimum absolute atomic E-state index is 0.346. The van der Waals surface area contributed by atoms with Crippen LogP contribution in [-0.2, 0) is 4.74 Å². The van der Waals surface area contributed by atoms with Gasteiger partial charge in [-0.3, -0.25) is 9.59 Å². The van der Waals surface area contributed by atoms with E-state index in [-0.39, 0.29) is 11.8 Å². The van der Waals surface area contributed by atoms with E-state index in [0.29, 0.717) is 63.7 Å². The molecular weight excluding hydrogens is 453 g/mol. The van der Waals surface area contributed by atoms with Crippen molar-refractivity contribution in [1.29, 1.82) is 0 Å². The van der Waals surface area contributed by atoms with Crippen LogP contribution in [0.1, 0.15) is 25.6 Å². The molecule has 1 aromatic heterocycles. The number of rotatable bonds is 5. The number of aryl methyl sites for hydroxylation is 1. The number of anilines is 3. The Morgan fingerprint density at radius 3 is 2.53 bits per heavy atom. The Kier molecular flexibility index (Phi) is 6.74. The molecule has 9 heteroatoms. The molecule has 3 aromatic rings. The summed E-state index contributed by atoms with van der Waals surface area (Å²) in [4.78, 5) is 27.6. The van der Waals surface area contributed by atoms with Gasteiger partial charge in [0.25, 0.3) is 11.8 Å². The van der Waals surface area contributed by atoms with Crippen LogP contribution in [0.4, 0.5) is 20.8 Å². The second-order valence-electron chi connectivity index (χ2n) is 7.28. The van der Waals surface area contributed by atoms with Crippen molar-refractivity contribution in [2.24, 2.45) is 0 Å². The van der Waals surface area contributed by atoms with Crippen LogP contribution in [0.2, 0.25) is 5.02 Å². The lowest BCUT2D eigenvalue weighted by Gasteiger charge is -2.29. The van der Waals surface area contributed by atoms with E-state index in [0.717, 1.165) is 11.3 Å². The molecule has 2 heterocycles. The van der Waals surface area contributed by atoms with Crippen molar-refractivity contribution in [2.45, 2.75) is 6.92 Å². The third-order valence-corrected chi connectivity index (χ3v) is 6.52. The Morgan fingerprint density at radius 2 is 1.81 bits per heavy atom. The average molecular weight is 474 g/mol. The molecule has 6 nitrogen and oxygen atoms in total. The first kappa shape index (κ1) is 22.3. The largest absolute Gasteiger partial charge is 0.378 e. The fourth-order valence-corrected chi connectivity index (χ4v) is 4.61. The van der Waals surface area contributed by atoms with E-state index >= 15 is 0 Å². The summed E-state index contributed by atoms with van der Waals surface area (Å²) in [6.45, 7) is 4.15. The van der Waals surface area contributed by atoms with E-state index in [4.69, 9.17) is 16.3 Å². The summed E-state index contributed by atoms with van der Waals surface area (Å²) in [6.07, 6.45) is 0. The van der Waals surface area contributed by atoms with E-state index in [2.05, 4.69) is 10.6 Å². The number of amides is 2. The minimum atomic E-state index is -0.403. The number of carbonyl (C=O) groups excluding carboxylic acids is 2. The molecular formula is C23H21ClFN3O3S. The van der Waals surface area contributed by atoms with E-state index in [9.17, 15) is 14.0 Å². The standard InChI is InChI=1S/C23H21ClFN3O3S/c1-14-12-20(27-22(29)16-4-2-3-5-17(16)24)32-21(14)23(30)26-15-6-7-19(18(25)13-15)28-8-10-31-11-9-28/h2-7,12-13H,8-11H2,1H3,(H,26,30)(H,27,29). The summed E-state index contributed by atoms with van der Waals surface area (Å²) in [6, 6.07) is 13.1. The normalized spacial score (nSPS) is 13.7. The first-order valence-electron chi connectivity index (χ1n) is 10.0. The zero-order valence-corrected chi connectivity index (χ0v) is 18.9. The number of hydrogen-bond acceptors (Lipinski definition) is 5. The van der Waals surface area contributed by atoms with Gasteiger partial charge in [0.05, 0.1) is 39.4 Å². The third kappa shape index (κ3) is 4.93.